The zero-order chi connectivity index (χ0) is 16.5. The number of nitrogens with one attached hydrogen (secondary N) is 1. The average Bonchev–Trinajstić information content (AvgIpc) is 3.37. The molecular formula is C19H17N3OS. The number of hydrogen-bond donors (Lipinski definition) is 1. The van der Waals surface area contributed by atoms with Crippen LogP contribution in [-0.2, 0) is 0 Å². The van der Waals surface area contributed by atoms with E-state index in [1.165, 1.54) is 0 Å². The Kier molecular flexibility index (Phi) is 3.86. The molecule has 1 aliphatic rings. The molecule has 0 radical (unpaired) electrons. The number of aryl methyl sites for hydroxylation is 1. The first-order valence-corrected chi connectivity index (χ1v) is 8.87. The zero-order valence-corrected chi connectivity index (χ0v) is 14.1. The van der Waals surface area contributed by atoms with Gasteiger partial charge in [0.2, 0.25) is 0 Å². The van der Waals surface area contributed by atoms with Crippen LogP contribution in [0.1, 0.15) is 45.3 Å². The van der Waals surface area contributed by atoms with Crippen LogP contribution in [0.5, 0.6) is 0 Å². The first-order valence-electron chi connectivity index (χ1n) is 7.99. The molecule has 1 aromatic carbocycles. The number of aromatic nitrogens is 1. The van der Waals surface area contributed by atoms with Crippen LogP contribution in [0.2, 0.25) is 0 Å². The highest BCUT2D eigenvalue weighted by atomic mass is 32.1. The van der Waals surface area contributed by atoms with Gasteiger partial charge in [-0.15, -0.1) is 11.3 Å². The van der Waals surface area contributed by atoms with Crippen LogP contribution in [-0.4, -0.2) is 17.1 Å². The summed E-state index contributed by atoms with van der Waals surface area (Å²) in [5.74, 6) is 0.305. The Balaban J connectivity index is 1.63. The number of benzene rings is 1. The summed E-state index contributed by atoms with van der Waals surface area (Å²) >= 11 is 1.60. The molecule has 120 valence electrons. The van der Waals surface area contributed by atoms with Gasteiger partial charge in [0, 0.05) is 21.9 Å². The van der Waals surface area contributed by atoms with E-state index in [9.17, 15) is 4.79 Å². The number of nitrogens with zero attached hydrogens (tertiary/aromatic N) is 2. The van der Waals surface area contributed by atoms with Crippen molar-refractivity contribution in [2.75, 3.05) is 0 Å². The lowest BCUT2D eigenvalue weighted by Crippen LogP contribution is -2.18. The molecule has 5 heteroatoms. The predicted octanol–water partition coefficient (Wildman–Crippen LogP) is 4.25. The maximum Gasteiger partial charge on any atom is 0.272 e. The molecule has 4 nitrogen and oxygen atoms in total. The van der Waals surface area contributed by atoms with Gasteiger partial charge in [0.25, 0.3) is 5.91 Å². The normalized spacial score (nSPS) is 14.4. The number of carbonyl (C=O) groups excluding carboxylic acids is 1. The van der Waals surface area contributed by atoms with Gasteiger partial charge >= 0.3 is 0 Å². The Morgan fingerprint density at radius 3 is 2.92 bits per heavy atom. The molecule has 1 aliphatic carbocycles. The predicted molar refractivity (Wildman–Crippen MR) is 97.8 cm³/mol. The van der Waals surface area contributed by atoms with Crippen LogP contribution >= 0.6 is 11.3 Å². The van der Waals surface area contributed by atoms with Crippen LogP contribution in [0.3, 0.4) is 0 Å². The molecule has 0 spiro atoms. The number of hydrogen-bond acceptors (Lipinski definition) is 4. The van der Waals surface area contributed by atoms with E-state index < -0.39 is 0 Å². The van der Waals surface area contributed by atoms with Gasteiger partial charge < -0.3 is 0 Å². The van der Waals surface area contributed by atoms with E-state index in [4.69, 9.17) is 4.98 Å². The van der Waals surface area contributed by atoms with Crippen LogP contribution in [0.25, 0.3) is 10.9 Å². The van der Waals surface area contributed by atoms with Crippen molar-refractivity contribution in [3.8, 4) is 0 Å². The van der Waals surface area contributed by atoms with Crippen LogP contribution in [0.4, 0.5) is 0 Å². The summed E-state index contributed by atoms with van der Waals surface area (Å²) in [5.41, 5.74) is 6.33. The number of fused-ring (bicyclic) bond motifs is 1. The number of amides is 1. The van der Waals surface area contributed by atoms with Crippen LogP contribution < -0.4 is 5.43 Å². The number of carbonyl (C=O) groups is 1. The second-order valence-corrected chi connectivity index (χ2v) is 7.00. The molecule has 4 rings (SSSR count). The van der Waals surface area contributed by atoms with E-state index in [1.54, 1.807) is 17.6 Å². The summed E-state index contributed by atoms with van der Waals surface area (Å²) in [5, 5.41) is 6.99. The van der Waals surface area contributed by atoms with Crippen molar-refractivity contribution in [3.63, 3.8) is 0 Å². The fourth-order valence-electron chi connectivity index (χ4n) is 2.70. The maximum atomic E-state index is 12.6. The van der Waals surface area contributed by atoms with Gasteiger partial charge in [-0.1, -0.05) is 18.2 Å². The lowest BCUT2D eigenvalue weighted by Gasteiger charge is -2.08. The summed E-state index contributed by atoms with van der Waals surface area (Å²) < 4.78 is 0. The maximum absolute atomic E-state index is 12.6. The second-order valence-electron chi connectivity index (χ2n) is 6.05. The molecule has 24 heavy (non-hydrogen) atoms. The molecule has 0 bridgehead atoms. The molecule has 1 fully saturated rings. The Bertz CT molecular complexity index is 941. The third kappa shape index (κ3) is 2.95. The summed E-state index contributed by atoms with van der Waals surface area (Å²) in [4.78, 5) is 18.4. The summed E-state index contributed by atoms with van der Waals surface area (Å²) in [6, 6.07) is 11.7. The van der Waals surface area contributed by atoms with Gasteiger partial charge in [-0.2, -0.15) is 5.10 Å². The molecule has 3 aromatic rings. The third-order valence-corrected chi connectivity index (χ3v) is 5.18. The first-order chi connectivity index (χ1) is 11.7. The van der Waals surface area contributed by atoms with Gasteiger partial charge in [0.1, 0.15) is 0 Å². The number of hydrazone groups is 1. The number of para-hydroxylation sites is 1. The summed E-state index contributed by atoms with van der Waals surface area (Å²) in [6.45, 7) is 2.03. The fraction of sp³-hybridized carbons (Fsp3) is 0.211. The van der Waals surface area contributed by atoms with E-state index in [0.29, 0.717) is 11.5 Å². The fourth-order valence-corrected chi connectivity index (χ4v) is 3.48. The Morgan fingerprint density at radius 2 is 2.17 bits per heavy atom. The minimum absolute atomic E-state index is 0.194. The Labute approximate surface area is 144 Å². The molecule has 0 unspecified atom stereocenters. The van der Waals surface area contributed by atoms with Crippen molar-refractivity contribution >= 4 is 34.4 Å². The van der Waals surface area contributed by atoms with Crippen molar-refractivity contribution in [1.82, 2.24) is 10.4 Å². The monoisotopic (exact) mass is 335 g/mol. The molecule has 2 heterocycles. The smallest absolute Gasteiger partial charge is 0.267 e. The SMILES string of the molecule is Cc1ccsc1/C=N/NC(=O)c1cc(C2CC2)nc2ccccc12. The van der Waals surface area contributed by atoms with E-state index in [2.05, 4.69) is 10.5 Å². The zero-order valence-electron chi connectivity index (χ0n) is 13.3. The first kappa shape index (κ1) is 15.0. The van der Waals surface area contributed by atoms with Gasteiger partial charge in [-0.3, -0.25) is 9.78 Å². The topological polar surface area (TPSA) is 54.4 Å². The molecule has 0 atom stereocenters. The Hall–Kier alpha value is -2.53. The van der Waals surface area contributed by atoms with Crippen molar-refractivity contribution < 1.29 is 4.79 Å². The molecule has 0 aliphatic heterocycles. The molecule has 2 aromatic heterocycles. The van der Waals surface area contributed by atoms with Crippen LogP contribution in [0.15, 0.2) is 46.9 Å². The van der Waals surface area contributed by atoms with E-state index in [-0.39, 0.29) is 5.91 Å². The van der Waals surface area contributed by atoms with E-state index in [0.717, 1.165) is 39.9 Å². The largest absolute Gasteiger partial charge is 0.272 e. The van der Waals surface area contributed by atoms with Gasteiger partial charge in [0.15, 0.2) is 0 Å². The van der Waals surface area contributed by atoms with Gasteiger partial charge in [-0.25, -0.2) is 5.43 Å². The molecule has 1 N–H and O–H groups in total. The van der Waals surface area contributed by atoms with Crippen molar-refractivity contribution in [2.45, 2.75) is 25.7 Å². The molecule has 1 amide bonds. The molecule has 1 saturated carbocycles. The van der Waals surface area contributed by atoms with E-state index >= 15 is 0 Å². The standard InChI is InChI=1S/C19H17N3OS/c1-12-8-9-24-18(12)11-20-22-19(23)15-10-17(13-6-7-13)21-16-5-3-2-4-14(15)16/h2-5,8-11,13H,6-7H2,1H3,(H,22,23)/b20-11+. The van der Waals surface area contributed by atoms with Crippen molar-refractivity contribution in [1.29, 1.82) is 0 Å². The lowest BCUT2D eigenvalue weighted by molar-refractivity contribution is 0.0956. The highest BCUT2D eigenvalue weighted by molar-refractivity contribution is 7.11. The lowest BCUT2D eigenvalue weighted by atomic mass is 10.1. The third-order valence-electron chi connectivity index (χ3n) is 4.23. The van der Waals surface area contributed by atoms with Gasteiger partial charge in [0.05, 0.1) is 17.3 Å². The summed E-state index contributed by atoms with van der Waals surface area (Å²) in [6.07, 6.45) is 4.01. The minimum Gasteiger partial charge on any atom is -0.267 e. The molecular weight excluding hydrogens is 318 g/mol. The Morgan fingerprint density at radius 1 is 1.33 bits per heavy atom. The highest BCUT2D eigenvalue weighted by Crippen LogP contribution is 2.40. The number of pyridine rings is 1. The van der Waals surface area contributed by atoms with Gasteiger partial charge in [-0.05, 0) is 48.9 Å². The number of rotatable bonds is 4. The second kappa shape index (κ2) is 6.17. The summed E-state index contributed by atoms with van der Waals surface area (Å²) in [7, 11) is 0. The van der Waals surface area contributed by atoms with Crippen molar-refractivity contribution in [3.05, 3.63) is 63.5 Å². The van der Waals surface area contributed by atoms with E-state index in [1.807, 2.05) is 48.7 Å². The van der Waals surface area contributed by atoms with Crippen molar-refractivity contribution in [2.24, 2.45) is 5.10 Å². The minimum atomic E-state index is -0.194. The number of thiophene rings is 1. The highest BCUT2D eigenvalue weighted by Gasteiger charge is 2.26. The van der Waals surface area contributed by atoms with Crippen LogP contribution in [0, 0.1) is 6.92 Å². The average molecular weight is 335 g/mol. The molecule has 0 saturated heterocycles. The quantitative estimate of drug-likeness (QED) is 0.572.